The SMILES string of the molecule is Cc1ccc(C(=O)N2CCCCC2CN)cc1C.Cl. The minimum absolute atomic E-state index is 0. The third-order valence-electron chi connectivity index (χ3n) is 3.91. The number of likely N-dealkylation sites (tertiary alicyclic amines) is 1. The Hall–Kier alpha value is -1.06. The molecule has 3 nitrogen and oxygen atoms in total. The third kappa shape index (κ3) is 3.48. The number of amides is 1. The number of aryl methyl sites for hydroxylation is 2. The molecule has 1 aliphatic heterocycles. The van der Waals surface area contributed by atoms with Crippen molar-refractivity contribution in [1.82, 2.24) is 4.90 Å². The Balaban J connectivity index is 0.00000180. The molecule has 106 valence electrons. The Labute approximate surface area is 121 Å². The van der Waals surface area contributed by atoms with E-state index in [9.17, 15) is 4.79 Å². The fourth-order valence-electron chi connectivity index (χ4n) is 2.55. The molecule has 19 heavy (non-hydrogen) atoms. The van der Waals surface area contributed by atoms with E-state index in [1.54, 1.807) is 0 Å². The summed E-state index contributed by atoms with van der Waals surface area (Å²) in [5, 5.41) is 0. The van der Waals surface area contributed by atoms with Gasteiger partial charge in [-0.15, -0.1) is 12.4 Å². The van der Waals surface area contributed by atoms with E-state index in [4.69, 9.17) is 5.73 Å². The molecule has 1 atom stereocenters. The van der Waals surface area contributed by atoms with Crippen molar-refractivity contribution in [3.05, 3.63) is 34.9 Å². The van der Waals surface area contributed by atoms with E-state index in [1.165, 1.54) is 17.5 Å². The molecule has 1 amide bonds. The molecule has 0 aromatic heterocycles. The molecule has 0 aliphatic carbocycles. The molecular formula is C15H23ClN2O. The Morgan fingerprint density at radius 3 is 2.68 bits per heavy atom. The number of halogens is 1. The molecule has 1 fully saturated rings. The van der Waals surface area contributed by atoms with Crippen LogP contribution in [0.5, 0.6) is 0 Å². The summed E-state index contributed by atoms with van der Waals surface area (Å²) in [6.45, 7) is 5.51. The smallest absolute Gasteiger partial charge is 0.254 e. The highest BCUT2D eigenvalue weighted by Gasteiger charge is 2.26. The molecule has 4 heteroatoms. The average molecular weight is 283 g/mol. The van der Waals surface area contributed by atoms with Gasteiger partial charge in [-0.3, -0.25) is 4.79 Å². The summed E-state index contributed by atoms with van der Waals surface area (Å²) < 4.78 is 0. The summed E-state index contributed by atoms with van der Waals surface area (Å²) in [5.41, 5.74) is 8.95. The van der Waals surface area contributed by atoms with Crippen molar-refractivity contribution in [2.45, 2.75) is 39.2 Å². The molecule has 0 radical (unpaired) electrons. The van der Waals surface area contributed by atoms with E-state index in [0.29, 0.717) is 6.54 Å². The monoisotopic (exact) mass is 282 g/mol. The quantitative estimate of drug-likeness (QED) is 0.906. The van der Waals surface area contributed by atoms with Crippen LogP contribution in [0.3, 0.4) is 0 Å². The van der Waals surface area contributed by atoms with Crippen molar-refractivity contribution < 1.29 is 4.79 Å². The van der Waals surface area contributed by atoms with Crippen LogP contribution in [-0.2, 0) is 0 Å². The molecule has 0 spiro atoms. The zero-order valence-corrected chi connectivity index (χ0v) is 12.5. The summed E-state index contributed by atoms with van der Waals surface area (Å²) in [4.78, 5) is 14.5. The first kappa shape index (κ1) is 16.0. The number of benzene rings is 1. The van der Waals surface area contributed by atoms with Gasteiger partial charge in [0, 0.05) is 24.7 Å². The normalized spacial score (nSPS) is 18.9. The lowest BCUT2D eigenvalue weighted by molar-refractivity contribution is 0.0623. The summed E-state index contributed by atoms with van der Waals surface area (Å²) in [6, 6.07) is 6.14. The molecule has 1 heterocycles. The molecular weight excluding hydrogens is 260 g/mol. The van der Waals surface area contributed by atoms with Crippen molar-refractivity contribution in [3.8, 4) is 0 Å². The van der Waals surface area contributed by atoms with E-state index in [-0.39, 0.29) is 24.4 Å². The minimum atomic E-state index is 0. The lowest BCUT2D eigenvalue weighted by Gasteiger charge is -2.35. The Morgan fingerprint density at radius 1 is 1.32 bits per heavy atom. The fourth-order valence-corrected chi connectivity index (χ4v) is 2.55. The summed E-state index contributed by atoms with van der Waals surface area (Å²) in [7, 11) is 0. The van der Waals surface area contributed by atoms with Crippen LogP contribution in [0, 0.1) is 13.8 Å². The predicted molar refractivity (Wildman–Crippen MR) is 80.9 cm³/mol. The topological polar surface area (TPSA) is 46.3 Å². The van der Waals surface area contributed by atoms with Crippen LogP contribution in [0.25, 0.3) is 0 Å². The maximum absolute atomic E-state index is 12.5. The van der Waals surface area contributed by atoms with Crippen LogP contribution in [0.1, 0.15) is 40.7 Å². The first-order valence-electron chi connectivity index (χ1n) is 6.71. The lowest BCUT2D eigenvalue weighted by Crippen LogP contribution is -2.47. The third-order valence-corrected chi connectivity index (χ3v) is 3.91. The predicted octanol–water partition coefficient (Wildman–Crippen LogP) is 2.68. The van der Waals surface area contributed by atoms with E-state index < -0.39 is 0 Å². The zero-order chi connectivity index (χ0) is 13.1. The summed E-state index contributed by atoms with van der Waals surface area (Å²) in [6.07, 6.45) is 3.30. The highest BCUT2D eigenvalue weighted by atomic mass is 35.5. The minimum Gasteiger partial charge on any atom is -0.334 e. The molecule has 2 N–H and O–H groups in total. The van der Waals surface area contributed by atoms with Gasteiger partial charge in [0.2, 0.25) is 0 Å². The summed E-state index contributed by atoms with van der Waals surface area (Å²) in [5.74, 6) is 0.133. The number of piperidine rings is 1. The van der Waals surface area contributed by atoms with Crippen molar-refractivity contribution in [2.75, 3.05) is 13.1 Å². The molecule has 1 saturated heterocycles. The van der Waals surface area contributed by atoms with Gasteiger partial charge in [-0.2, -0.15) is 0 Å². The standard InChI is InChI=1S/C15H22N2O.ClH/c1-11-6-7-13(9-12(11)2)15(18)17-8-4-3-5-14(17)10-16;/h6-7,9,14H,3-5,8,10,16H2,1-2H3;1H. The van der Waals surface area contributed by atoms with Crippen molar-refractivity contribution in [2.24, 2.45) is 5.73 Å². The van der Waals surface area contributed by atoms with E-state index in [1.807, 2.05) is 30.0 Å². The molecule has 1 aliphatic rings. The maximum Gasteiger partial charge on any atom is 0.254 e. The van der Waals surface area contributed by atoms with Crippen molar-refractivity contribution in [1.29, 1.82) is 0 Å². The van der Waals surface area contributed by atoms with Gasteiger partial charge in [0.05, 0.1) is 0 Å². The van der Waals surface area contributed by atoms with Crippen LogP contribution < -0.4 is 5.73 Å². The number of carbonyl (C=O) groups is 1. The average Bonchev–Trinajstić information content (AvgIpc) is 2.41. The van der Waals surface area contributed by atoms with Crippen molar-refractivity contribution >= 4 is 18.3 Å². The number of hydrogen-bond acceptors (Lipinski definition) is 2. The second-order valence-electron chi connectivity index (χ2n) is 5.18. The van der Waals surface area contributed by atoms with Crippen LogP contribution in [0.15, 0.2) is 18.2 Å². The highest BCUT2D eigenvalue weighted by Crippen LogP contribution is 2.20. The van der Waals surface area contributed by atoms with Crippen molar-refractivity contribution in [3.63, 3.8) is 0 Å². The van der Waals surface area contributed by atoms with Gasteiger partial charge < -0.3 is 10.6 Å². The van der Waals surface area contributed by atoms with Gasteiger partial charge in [-0.1, -0.05) is 6.07 Å². The molecule has 1 aromatic carbocycles. The number of nitrogens with two attached hydrogens (primary N) is 1. The Bertz CT molecular complexity index is 448. The summed E-state index contributed by atoms with van der Waals surface area (Å²) >= 11 is 0. The van der Waals surface area contributed by atoms with E-state index >= 15 is 0 Å². The van der Waals surface area contributed by atoms with Gasteiger partial charge in [0.1, 0.15) is 0 Å². The van der Waals surface area contributed by atoms with E-state index in [2.05, 4.69) is 6.92 Å². The second kappa shape index (κ2) is 6.92. The van der Waals surface area contributed by atoms with Gasteiger partial charge in [-0.05, 0) is 56.4 Å². The number of nitrogens with zero attached hydrogens (tertiary/aromatic N) is 1. The van der Waals surface area contributed by atoms with Crippen LogP contribution in [-0.4, -0.2) is 29.9 Å². The van der Waals surface area contributed by atoms with Gasteiger partial charge in [0.25, 0.3) is 5.91 Å². The maximum atomic E-state index is 12.5. The molecule has 0 bridgehead atoms. The second-order valence-corrected chi connectivity index (χ2v) is 5.18. The van der Waals surface area contributed by atoms with Gasteiger partial charge >= 0.3 is 0 Å². The van der Waals surface area contributed by atoms with Crippen LogP contribution in [0.2, 0.25) is 0 Å². The first-order chi connectivity index (χ1) is 8.63. The molecule has 2 rings (SSSR count). The van der Waals surface area contributed by atoms with Crippen LogP contribution >= 0.6 is 12.4 Å². The van der Waals surface area contributed by atoms with Gasteiger partial charge in [-0.25, -0.2) is 0 Å². The first-order valence-corrected chi connectivity index (χ1v) is 6.71. The van der Waals surface area contributed by atoms with E-state index in [0.717, 1.165) is 24.9 Å². The molecule has 1 aromatic rings. The van der Waals surface area contributed by atoms with Crippen LogP contribution in [0.4, 0.5) is 0 Å². The zero-order valence-electron chi connectivity index (χ0n) is 11.7. The Kier molecular flexibility index (Phi) is 5.83. The highest BCUT2D eigenvalue weighted by molar-refractivity contribution is 5.94. The lowest BCUT2D eigenvalue weighted by atomic mass is 9.99. The number of hydrogen-bond donors (Lipinski definition) is 1. The Morgan fingerprint density at radius 2 is 2.05 bits per heavy atom. The number of carbonyl (C=O) groups excluding carboxylic acids is 1. The largest absolute Gasteiger partial charge is 0.334 e. The fraction of sp³-hybridized carbons (Fsp3) is 0.533. The van der Waals surface area contributed by atoms with Gasteiger partial charge in [0.15, 0.2) is 0 Å². The number of rotatable bonds is 2. The molecule has 0 saturated carbocycles. The molecule has 1 unspecified atom stereocenters.